The first-order valence-corrected chi connectivity index (χ1v) is 11.0. The number of carbonyl (C=O) groups excluding carboxylic acids is 2. The Morgan fingerprint density at radius 1 is 1.06 bits per heavy atom. The quantitative estimate of drug-likeness (QED) is 0.601. The van der Waals surface area contributed by atoms with Crippen LogP contribution in [0.4, 0.5) is 18.0 Å². The van der Waals surface area contributed by atoms with E-state index in [1.807, 2.05) is 0 Å². The van der Waals surface area contributed by atoms with Crippen LogP contribution in [0.25, 0.3) is 11.0 Å². The summed E-state index contributed by atoms with van der Waals surface area (Å²) in [5.41, 5.74) is 2.13. The van der Waals surface area contributed by atoms with Gasteiger partial charge in [-0.25, -0.2) is 4.79 Å². The molecule has 12 heteroatoms. The van der Waals surface area contributed by atoms with E-state index in [9.17, 15) is 22.8 Å². The predicted octanol–water partition coefficient (Wildman–Crippen LogP) is 3.59. The molecule has 2 amide bonds. The SMILES string of the molecule is C[C@]12CN(C(=O)OCc3ccc(OC(F)(F)F)cc3)CC1CN(C(=O)c1ccc3n[nH]nc3c1)C2. The largest absolute Gasteiger partial charge is 0.573 e. The van der Waals surface area contributed by atoms with Crippen LogP contribution >= 0.6 is 0 Å². The fourth-order valence-electron chi connectivity index (χ4n) is 4.81. The van der Waals surface area contributed by atoms with Crippen molar-refractivity contribution in [1.82, 2.24) is 25.2 Å². The van der Waals surface area contributed by atoms with Gasteiger partial charge in [-0.05, 0) is 35.9 Å². The Morgan fingerprint density at radius 2 is 1.74 bits per heavy atom. The highest BCUT2D eigenvalue weighted by Crippen LogP contribution is 2.42. The Kier molecular flexibility index (Phi) is 5.53. The van der Waals surface area contributed by atoms with E-state index < -0.39 is 12.5 Å². The summed E-state index contributed by atoms with van der Waals surface area (Å²) in [7, 11) is 0. The van der Waals surface area contributed by atoms with Crippen LogP contribution in [0, 0.1) is 11.3 Å². The highest BCUT2D eigenvalue weighted by atomic mass is 19.4. The number of rotatable bonds is 4. The molecule has 2 aliphatic heterocycles. The summed E-state index contributed by atoms with van der Waals surface area (Å²) in [5.74, 6) is -0.320. The minimum atomic E-state index is -4.76. The molecule has 0 saturated carbocycles. The van der Waals surface area contributed by atoms with E-state index >= 15 is 0 Å². The Morgan fingerprint density at radius 3 is 2.46 bits per heavy atom. The second kappa shape index (κ2) is 8.43. The number of ether oxygens (including phenoxy) is 2. The summed E-state index contributed by atoms with van der Waals surface area (Å²) in [6, 6.07) is 10.4. The summed E-state index contributed by atoms with van der Waals surface area (Å²) in [6.45, 7) is 3.92. The van der Waals surface area contributed by atoms with Crippen molar-refractivity contribution in [1.29, 1.82) is 0 Å². The Bertz CT molecular complexity index is 1260. The van der Waals surface area contributed by atoms with E-state index in [4.69, 9.17) is 4.74 Å². The van der Waals surface area contributed by atoms with Crippen molar-refractivity contribution in [2.45, 2.75) is 19.9 Å². The summed E-state index contributed by atoms with van der Waals surface area (Å²) in [4.78, 5) is 29.1. The van der Waals surface area contributed by atoms with E-state index in [1.54, 1.807) is 28.0 Å². The molecule has 2 aromatic carbocycles. The van der Waals surface area contributed by atoms with Crippen LogP contribution < -0.4 is 4.74 Å². The maximum atomic E-state index is 13.1. The number of alkyl halides is 3. The number of hydrogen-bond acceptors (Lipinski definition) is 6. The first-order chi connectivity index (χ1) is 16.6. The number of carbonyl (C=O) groups is 2. The van der Waals surface area contributed by atoms with Gasteiger partial charge < -0.3 is 19.3 Å². The molecule has 3 heterocycles. The number of aromatic nitrogens is 3. The third kappa shape index (κ3) is 4.73. The number of likely N-dealkylation sites (tertiary alicyclic amines) is 2. The van der Waals surface area contributed by atoms with Crippen LogP contribution in [0.3, 0.4) is 0 Å². The third-order valence-electron chi connectivity index (χ3n) is 6.60. The van der Waals surface area contributed by atoms with Gasteiger partial charge in [0.15, 0.2) is 0 Å². The number of amides is 2. The van der Waals surface area contributed by atoms with Crippen molar-refractivity contribution < 1.29 is 32.2 Å². The second-order valence-corrected chi connectivity index (χ2v) is 9.19. The summed E-state index contributed by atoms with van der Waals surface area (Å²) in [6.07, 6.45) is -5.26. The lowest BCUT2D eigenvalue weighted by Gasteiger charge is -2.25. The van der Waals surface area contributed by atoms with Gasteiger partial charge >= 0.3 is 12.5 Å². The van der Waals surface area contributed by atoms with Crippen molar-refractivity contribution in [3.63, 3.8) is 0 Å². The molecule has 35 heavy (non-hydrogen) atoms. The Balaban J connectivity index is 1.15. The lowest BCUT2D eigenvalue weighted by atomic mass is 9.83. The lowest BCUT2D eigenvalue weighted by Crippen LogP contribution is -2.38. The highest BCUT2D eigenvalue weighted by Gasteiger charge is 2.52. The standard InChI is InChI=1S/C23H22F3N5O4/c1-22-12-30(20(32)15-4-7-18-19(8-15)28-29-27-18)9-16(22)10-31(13-22)21(33)34-11-14-2-5-17(6-3-14)35-23(24,25)26/h2-8,16H,9-13H2,1H3,(H,27,28,29)/t16?,22-/m0/s1. The van der Waals surface area contributed by atoms with Gasteiger partial charge in [-0.2, -0.15) is 15.4 Å². The zero-order chi connectivity index (χ0) is 24.8. The number of nitrogens with zero attached hydrogens (tertiary/aromatic N) is 4. The van der Waals surface area contributed by atoms with Crippen LogP contribution in [0.1, 0.15) is 22.8 Å². The van der Waals surface area contributed by atoms with Gasteiger partial charge in [0, 0.05) is 43.1 Å². The smallest absolute Gasteiger partial charge is 0.445 e. The zero-order valence-electron chi connectivity index (χ0n) is 18.7. The summed E-state index contributed by atoms with van der Waals surface area (Å²) in [5, 5.41) is 10.6. The highest BCUT2D eigenvalue weighted by molar-refractivity contribution is 5.97. The molecular weight excluding hydrogens is 467 g/mol. The third-order valence-corrected chi connectivity index (χ3v) is 6.60. The number of aromatic amines is 1. The van der Waals surface area contributed by atoms with E-state index in [1.165, 1.54) is 24.3 Å². The van der Waals surface area contributed by atoms with E-state index in [-0.39, 0.29) is 29.6 Å². The first kappa shape index (κ1) is 22.9. The number of benzene rings is 2. The van der Waals surface area contributed by atoms with Crippen LogP contribution in [-0.2, 0) is 11.3 Å². The fraction of sp³-hybridized carbons (Fsp3) is 0.391. The second-order valence-electron chi connectivity index (χ2n) is 9.19. The zero-order valence-corrected chi connectivity index (χ0v) is 18.7. The van der Waals surface area contributed by atoms with Crippen molar-refractivity contribution in [2.75, 3.05) is 26.2 Å². The molecule has 0 aliphatic carbocycles. The van der Waals surface area contributed by atoms with Gasteiger partial charge in [-0.3, -0.25) is 4.79 Å². The van der Waals surface area contributed by atoms with Crippen molar-refractivity contribution in [2.24, 2.45) is 11.3 Å². The van der Waals surface area contributed by atoms with Crippen LogP contribution in [0.5, 0.6) is 5.75 Å². The number of H-pyrrole nitrogens is 1. The van der Waals surface area contributed by atoms with Crippen molar-refractivity contribution in [3.8, 4) is 5.75 Å². The van der Waals surface area contributed by atoms with Gasteiger partial charge in [-0.1, -0.05) is 19.1 Å². The molecule has 5 rings (SSSR count). The van der Waals surface area contributed by atoms with Crippen molar-refractivity contribution >= 4 is 23.0 Å². The van der Waals surface area contributed by atoms with Crippen LogP contribution in [0.2, 0.25) is 0 Å². The number of halogens is 3. The molecule has 1 N–H and O–H groups in total. The molecule has 3 aromatic rings. The Labute approximate surface area is 197 Å². The summed E-state index contributed by atoms with van der Waals surface area (Å²) < 4.78 is 46.0. The minimum absolute atomic E-state index is 0.0713. The van der Waals surface area contributed by atoms with Gasteiger partial charge in [0.1, 0.15) is 23.4 Å². The maximum absolute atomic E-state index is 13.1. The van der Waals surface area contributed by atoms with Crippen LogP contribution in [-0.4, -0.2) is 69.8 Å². The van der Waals surface area contributed by atoms with E-state index in [0.717, 1.165) is 0 Å². The fourth-order valence-corrected chi connectivity index (χ4v) is 4.81. The van der Waals surface area contributed by atoms with Crippen molar-refractivity contribution in [3.05, 3.63) is 53.6 Å². The summed E-state index contributed by atoms with van der Waals surface area (Å²) >= 11 is 0. The lowest BCUT2D eigenvalue weighted by molar-refractivity contribution is -0.274. The molecule has 2 atom stereocenters. The number of fused-ring (bicyclic) bond motifs is 2. The average molecular weight is 489 g/mol. The molecular formula is C23H22F3N5O4. The monoisotopic (exact) mass is 489 g/mol. The van der Waals surface area contributed by atoms with Gasteiger partial charge in [0.25, 0.3) is 5.91 Å². The van der Waals surface area contributed by atoms with Gasteiger partial charge in [-0.15, -0.1) is 13.2 Å². The molecule has 2 fully saturated rings. The normalized spacial score (nSPS) is 21.9. The average Bonchev–Trinajstić information content (AvgIpc) is 3.48. The van der Waals surface area contributed by atoms with Crippen LogP contribution in [0.15, 0.2) is 42.5 Å². The molecule has 0 spiro atoms. The number of nitrogens with one attached hydrogen (secondary N) is 1. The molecule has 9 nitrogen and oxygen atoms in total. The first-order valence-electron chi connectivity index (χ1n) is 11.0. The van der Waals surface area contributed by atoms with E-state index in [0.29, 0.717) is 48.3 Å². The van der Waals surface area contributed by atoms with Gasteiger partial charge in [0.2, 0.25) is 0 Å². The molecule has 1 unspecified atom stereocenters. The molecule has 2 saturated heterocycles. The molecule has 0 radical (unpaired) electrons. The molecule has 1 aromatic heterocycles. The number of hydrogen-bond donors (Lipinski definition) is 1. The maximum Gasteiger partial charge on any atom is 0.573 e. The molecule has 0 bridgehead atoms. The van der Waals surface area contributed by atoms with E-state index in [2.05, 4.69) is 27.1 Å². The topological polar surface area (TPSA) is 101 Å². The molecule has 184 valence electrons. The van der Waals surface area contributed by atoms with Gasteiger partial charge in [0.05, 0.1) is 0 Å². The predicted molar refractivity (Wildman–Crippen MR) is 116 cm³/mol. The Hall–Kier alpha value is -3.83. The minimum Gasteiger partial charge on any atom is -0.445 e. The molecule has 2 aliphatic rings.